The summed E-state index contributed by atoms with van der Waals surface area (Å²) in [6.45, 7) is -0.678. The van der Waals surface area contributed by atoms with Crippen LogP contribution >= 0.6 is 11.8 Å². The van der Waals surface area contributed by atoms with E-state index in [4.69, 9.17) is 10.2 Å². The van der Waals surface area contributed by atoms with E-state index < -0.39 is 30.2 Å². The van der Waals surface area contributed by atoms with E-state index in [1.165, 1.54) is 0 Å². The van der Waals surface area contributed by atoms with Gasteiger partial charge in [0.05, 0.1) is 0 Å². The minimum absolute atomic E-state index is 0.181. The predicted molar refractivity (Wildman–Crippen MR) is 58.2 cm³/mol. The molecule has 0 aromatic rings. The van der Waals surface area contributed by atoms with Gasteiger partial charge in [0, 0.05) is 25.3 Å². The van der Waals surface area contributed by atoms with Gasteiger partial charge in [0.2, 0.25) is 0 Å². The maximum Gasteiger partial charge on any atom is 0.441 e. The van der Waals surface area contributed by atoms with Crippen LogP contribution in [0.25, 0.3) is 0 Å². The number of alkyl halides is 3. The number of urea groups is 1. The molecular formula is C8H13F3N2O4S. The fourth-order valence-electron chi connectivity index (χ4n) is 0.927. The molecule has 0 unspecified atom stereocenters. The quantitative estimate of drug-likeness (QED) is 0.508. The highest BCUT2D eigenvalue weighted by atomic mass is 32.2. The lowest BCUT2D eigenvalue weighted by Gasteiger charge is -2.14. The van der Waals surface area contributed by atoms with Crippen LogP contribution in [0.2, 0.25) is 0 Å². The molecule has 18 heavy (non-hydrogen) atoms. The Balaban J connectivity index is 3.85. The summed E-state index contributed by atoms with van der Waals surface area (Å²) in [7, 11) is 0. The maximum absolute atomic E-state index is 11.7. The van der Waals surface area contributed by atoms with Gasteiger partial charge in [0.1, 0.15) is 6.04 Å². The number of carboxylic acids is 1. The summed E-state index contributed by atoms with van der Waals surface area (Å²) in [5.74, 6) is -1.70. The molecule has 106 valence electrons. The molecular weight excluding hydrogens is 277 g/mol. The minimum atomic E-state index is -4.36. The Kier molecular flexibility index (Phi) is 7.51. The molecule has 0 aliphatic heterocycles. The number of carbonyl (C=O) groups is 2. The minimum Gasteiger partial charge on any atom is -0.480 e. The molecule has 0 aromatic heterocycles. The van der Waals surface area contributed by atoms with Gasteiger partial charge in [-0.15, -0.1) is 0 Å². The van der Waals surface area contributed by atoms with E-state index in [0.29, 0.717) is 0 Å². The summed E-state index contributed by atoms with van der Waals surface area (Å²) in [6, 6.07) is -2.16. The normalized spacial score (nSPS) is 12.9. The second kappa shape index (κ2) is 8.03. The third kappa shape index (κ3) is 8.93. The van der Waals surface area contributed by atoms with Crippen molar-refractivity contribution in [3.05, 3.63) is 0 Å². The van der Waals surface area contributed by atoms with Gasteiger partial charge in [0.25, 0.3) is 0 Å². The Morgan fingerprint density at radius 3 is 2.39 bits per heavy atom. The van der Waals surface area contributed by atoms with Gasteiger partial charge < -0.3 is 20.8 Å². The van der Waals surface area contributed by atoms with Crippen LogP contribution in [0.1, 0.15) is 6.42 Å². The number of aliphatic hydroxyl groups excluding tert-OH is 1. The molecule has 10 heteroatoms. The fraction of sp³-hybridized carbons (Fsp3) is 0.750. The highest BCUT2D eigenvalue weighted by molar-refractivity contribution is 8.00. The van der Waals surface area contributed by atoms with Gasteiger partial charge in [-0.1, -0.05) is 0 Å². The molecule has 6 nitrogen and oxygen atoms in total. The lowest BCUT2D eigenvalue weighted by molar-refractivity contribution is -0.139. The van der Waals surface area contributed by atoms with Crippen LogP contribution in [0.3, 0.4) is 0 Å². The largest absolute Gasteiger partial charge is 0.480 e. The fourth-order valence-corrected chi connectivity index (χ4v) is 1.36. The number of aliphatic hydroxyl groups is 1. The van der Waals surface area contributed by atoms with Gasteiger partial charge in [0.15, 0.2) is 0 Å². The highest BCUT2D eigenvalue weighted by Gasteiger charge is 2.27. The van der Waals surface area contributed by atoms with Crippen molar-refractivity contribution in [3.8, 4) is 0 Å². The van der Waals surface area contributed by atoms with Crippen LogP contribution in [0, 0.1) is 0 Å². The number of thioether (sulfide) groups is 1. The number of nitrogens with one attached hydrogen (secondary N) is 2. The number of aliphatic carboxylic acids is 1. The zero-order valence-corrected chi connectivity index (χ0v) is 9.98. The van der Waals surface area contributed by atoms with Crippen molar-refractivity contribution >= 4 is 23.8 Å². The Labute approximate surface area is 105 Å². The van der Waals surface area contributed by atoms with Gasteiger partial charge in [-0.2, -0.15) is 13.2 Å². The van der Waals surface area contributed by atoms with Gasteiger partial charge >= 0.3 is 17.5 Å². The monoisotopic (exact) mass is 290 g/mol. The molecule has 1 atom stereocenters. The third-order valence-corrected chi connectivity index (χ3v) is 2.41. The predicted octanol–water partition coefficient (Wildman–Crippen LogP) is 0.374. The summed E-state index contributed by atoms with van der Waals surface area (Å²) in [5.41, 5.74) is -4.36. The van der Waals surface area contributed by atoms with Crippen molar-refractivity contribution < 1.29 is 33.0 Å². The van der Waals surface area contributed by atoms with Crippen LogP contribution in [-0.2, 0) is 4.79 Å². The van der Waals surface area contributed by atoms with Gasteiger partial charge in [-0.3, -0.25) is 0 Å². The molecule has 0 spiro atoms. The van der Waals surface area contributed by atoms with Crippen molar-refractivity contribution in [3.63, 3.8) is 0 Å². The van der Waals surface area contributed by atoms with Gasteiger partial charge in [-0.05, 0) is 11.8 Å². The van der Waals surface area contributed by atoms with Crippen molar-refractivity contribution in [2.75, 3.05) is 18.9 Å². The zero-order valence-electron chi connectivity index (χ0n) is 9.16. The van der Waals surface area contributed by atoms with E-state index in [0.717, 1.165) is 0 Å². The first kappa shape index (κ1) is 16.8. The number of amides is 2. The summed E-state index contributed by atoms with van der Waals surface area (Å²) >= 11 is -0.288. The number of carbonyl (C=O) groups excluding carboxylic acids is 1. The van der Waals surface area contributed by atoms with Crippen LogP contribution < -0.4 is 10.6 Å². The van der Waals surface area contributed by atoms with E-state index in [-0.39, 0.29) is 30.5 Å². The van der Waals surface area contributed by atoms with E-state index in [2.05, 4.69) is 5.32 Å². The van der Waals surface area contributed by atoms with Crippen molar-refractivity contribution in [1.29, 1.82) is 0 Å². The second-order valence-corrected chi connectivity index (χ2v) is 4.26. The molecule has 0 heterocycles. The number of hydrogen-bond donors (Lipinski definition) is 4. The first-order valence-corrected chi connectivity index (χ1v) is 5.83. The van der Waals surface area contributed by atoms with Crippen molar-refractivity contribution in [2.24, 2.45) is 0 Å². The topological polar surface area (TPSA) is 98.7 Å². The molecule has 4 N–H and O–H groups in total. The first-order valence-electron chi connectivity index (χ1n) is 4.85. The zero-order chi connectivity index (χ0) is 14.2. The molecule has 0 radical (unpaired) electrons. The van der Waals surface area contributed by atoms with E-state index in [9.17, 15) is 22.8 Å². The molecule has 0 saturated heterocycles. The smallest absolute Gasteiger partial charge is 0.441 e. The first-order chi connectivity index (χ1) is 8.26. The Morgan fingerprint density at radius 1 is 1.33 bits per heavy atom. The third-order valence-electron chi connectivity index (χ3n) is 1.67. The molecule has 0 saturated carbocycles. The summed E-state index contributed by atoms with van der Waals surface area (Å²) in [6.07, 6.45) is -0.181. The second-order valence-electron chi connectivity index (χ2n) is 3.10. The van der Waals surface area contributed by atoms with Crippen LogP contribution in [0.5, 0.6) is 0 Å². The molecule has 0 bridgehead atoms. The molecule has 0 aliphatic rings. The van der Waals surface area contributed by atoms with Crippen molar-refractivity contribution in [2.45, 2.75) is 18.0 Å². The summed E-state index contributed by atoms with van der Waals surface area (Å²) in [4.78, 5) is 21.7. The van der Waals surface area contributed by atoms with Gasteiger partial charge in [-0.25, -0.2) is 9.59 Å². The lowest BCUT2D eigenvalue weighted by atomic mass is 10.2. The molecule has 0 rings (SSSR count). The lowest BCUT2D eigenvalue weighted by Crippen LogP contribution is -2.46. The van der Waals surface area contributed by atoms with Crippen molar-refractivity contribution in [1.82, 2.24) is 10.6 Å². The molecule has 0 aromatic carbocycles. The molecule has 0 fully saturated rings. The van der Waals surface area contributed by atoms with E-state index >= 15 is 0 Å². The average molecular weight is 290 g/mol. The van der Waals surface area contributed by atoms with E-state index in [1.54, 1.807) is 0 Å². The standard InChI is InChI=1S/C8H13F3N2O4S/c9-8(10,11)18-4-2-12-7(17)13-5(1-3-14)6(15)16/h5,14H,1-4H2,(H,15,16)(H2,12,13,17)/t5-/m1/s1. The number of rotatable bonds is 7. The average Bonchev–Trinajstić information content (AvgIpc) is 2.22. The molecule has 2 amide bonds. The Morgan fingerprint density at radius 2 is 1.94 bits per heavy atom. The Hall–Kier alpha value is -1.16. The number of halogens is 3. The number of hydrogen-bond acceptors (Lipinski definition) is 4. The summed E-state index contributed by atoms with van der Waals surface area (Å²) in [5, 5.41) is 21.3. The number of carboxylic acid groups (broad SMARTS) is 1. The van der Waals surface area contributed by atoms with E-state index in [1.807, 2.05) is 5.32 Å². The Bertz CT molecular complexity index is 288. The maximum atomic E-state index is 11.7. The van der Waals surface area contributed by atoms with Crippen LogP contribution in [-0.4, -0.2) is 52.7 Å². The highest BCUT2D eigenvalue weighted by Crippen LogP contribution is 2.29. The molecule has 0 aliphatic carbocycles. The summed E-state index contributed by atoms with van der Waals surface area (Å²) < 4.78 is 35.2. The van der Waals surface area contributed by atoms with Crippen LogP contribution in [0.15, 0.2) is 0 Å². The van der Waals surface area contributed by atoms with Crippen LogP contribution in [0.4, 0.5) is 18.0 Å². The SMILES string of the molecule is O=C(NCCSC(F)(F)F)N[C@H](CCO)C(=O)O.